The first-order chi connectivity index (χ1) is 14.3. The van der Waals surface area contributed by atoms with Gasteiger partial charge in [0.2, 0.25) is 8.32 Å². The van der Waals surface area contributed by atoms with E-state index in [1.807, 2.05) is 12.1 Å². The third kappa shape index (κ3) is 4.54. The summed E-state index contributed by atoms with van der Waals surface area (Å²) in [7, 11) is -2.00. The summed E-state index contributed by atoms with van der Waals surface area (Å²) >= 11 is 6.12. The maximum absolute atomic E-state index is 7.58. The van der Waals surface area contributed by atoms with Gasteiger partial charge in [-0.2, -0.15) is 0 Å². The number of fused-ring (bicyclic) bond motifs is 2. The van der Waals surface area contributed by atoms with Gasteiger partial charge in [0.1, 0.15) is 0 Å². The molecule has 2 fully saturated rings. The van der Waals surface area contributed by atoms with Gasteiger partial charge in [0.25, 0.3) is 0 Å². The van der Waals surface area contributed by atoms with E-state index >= 15 is 0 Å². The Hall–Kier alpha value is -0.353. The van der Waals surface area contributed by atoms with Crippen molar-refractivity contribution in [2.24, 2.45) is 11.3 Å². The Morgan fingerprint density at radius 2 is 1.55 bits per heavy atom. The lowest BCUT2D eigenvalue weighted by atomic mass is 9.69. The molecule has 2 nitrogen and oxygen atoms in total. The first kappa shape index (κ1) is 25.3. The summed E-state index contributed by atoms with van der Waals surface area (Å²) < 4.78 is 14.3. The Kier molecular flexibility index (Phi) is 7.44. The fourth-order valence-electron chi connectivity index (χ4n) is 6.97. The number of benzene rings is 1. The van der Waals surface area contributed by atoms with Crippen LogP contribution < -0.4 is 0 Å². The Bertz CT molecular complexity index is 720. The molecule has 0 amide bonds. The Labute approximate surface area is 197 Å². The van der Waals surface area contributed by atoms with Gasteiger partial charge in [0, 0.05) is 16.4 Å². The van der Waals surface area contributed by atoms with E-state index in [4.69, 9.17) is 20.8 Å². The number of rotatable bonds is 8. The van der Waals surface area contributed by atoms with Crippen molar-refractivity contribution in [1.29, 1.82) is 0 Å². The summed E-state index contributed by atoms with van der Waals surface area (Å²) in [6, 6.07) is 8.35. The summed E-state index contributed by atoms with van der Waals surface area (Å²) in [5, 5.41) is 0.805. The molecule has 2 aliphatic rings. The molecule has 176 valence electrons. The summed E-state index contributed by atoms with van der Waals surface area (Å²) in [6.45, 7) is 21.6. The van der Waals surface area contributed by atoms with Crippen LogP contribution in [-0.4, -0.2) is 26.1 Å². The minimum absolute atomic E-state index is 0.0254. The molecule has 0 aliphatic carbocycles. The van der Waals surface area contributed by atoms with E-state index in [0.29, 0.717) is 28.6 Å². The zero-order chi connectivity index (χ0) is 23.2. The molecule has 4 atom stereocenters. The molecule has 0 spiro atoms. The molecule has 0 saturated carbocycles. The van der Waals surface area contributed by atoms with Crippen LogP contribution in [0.1, 0.15) is 87.1 Å². The van der Waals surface area contributed by atoms with E-state index in [2.05, 4.69) is 74.4 Å². The molecule has 4 heteroatoms. The lowest BCUT2D eigenvalue weighted by molar-refractivity contribution is -0.212. The van der Waals surface area contributed by atoms with Gasteiger partial charge in [-0.3, -0.25) is 0 Å². The van der Waals surface area contributed by atoms with Crippen LogP contribution in [0, 0.1) is 11.3 Å². The first-order valence-corrected chi connectivity index (χ1v) is 15.0. The van der Waals surface area contributed by atoms with Crippen LogP contribution in [0.25, 0.3) is 0 Å². The van der Waals surface area contributed by atoms with Gasteiger partial charge in [-0.25, -0.2) is 0 Å². The van der Waals surface area contributed by atoms with Crippen molar-refractivity contribution in [3.05, 3.63) is 34.9 Å². The van der Waals surface area contributed by atoms with Gasteiger partial charge in [-0.05, 0) is 66.9 Å². The Morgan fingerprint density at radius 3 is 2.06 bits per heavy atom. The molecule has 31 heavy (non-hydrogen) atoms. The van der Waals surface area contributed by atoms with Crippen LogP contribution in [-0.2, 0) is 15.6 Å². The molecular formula is C27H45ClO2Si. The molecular weight excluding hydrogens is 420 g/mol. The van der Waals surface area contributed by atoms with Crippen molar-refractivity contribution in [2.45, 2.75) is 122 Å². The normalized spacial score (nSPS) is 30.5. The highest BCUT2D eigenvalue weighted by molar-refractivity contribution is 6.77. The van der Waals surface area contributed by atoms with Crippen molar-refractivity contribution in [2.75, 3.05) is 0 Å². The van der Waals surface area contributed by atoms with Crippen molar-refractivity contribution in [3.8, 4) is 0 Å². The topological polar surface area (TPSA) is 18.5 Å². The van der Waals surface area contributed by atoms with Gasteiger partial charge in [-0.15, -0.1) is 0 Å². The first-order valence-electron chi connectivity index (χ1n) is 12.4. The molecule has 2 saturated heterocycles. The minimum Gasteiger partial charge on any atom is -0.412 e. The van der Waals surface area contributed by atoms with E-state index in [1.54, 1.807) is 0 Å². The predicted octanol–water partition coefficient (Wildman–Crippen LogP) is 8.43. The van der Waals surface area contributed by atoms with E-state index in [-0.39, 0.29) is 17.1 Å². The van der Waals surface area contributed by atoms with E-state index in [1.165, 1.54) is 5.56 Å². The molecule has 3 rings (SSSR count). The third-order valence-electron chi connectivity index (χ3n) is 8.72. The van der Waals surface area contributed by atoms with Crippen molar-refractivity contribution in [1.82, 2.24) is 0 Å². The second-order valence-electron chi connectivity index (χ2n) is 11.9. The minimum atomic E-state index is -2.00. The molecule has 0 N–H and O–H groups in total. The predicted molar refractivity (Wildman–Crippen MR) is 135 cm³/mol. The standard InChI is InChI=1S/C27H45ClO2Si/c1-18(2)31(19(3)4,20(5)6)30-25-23(15-12-21-10-13-22(28)14-11-21)27(9)17-16-24(29-27)26(25,7)8/h10-11,13-14,18-20,23-25H,12,15-17H2,1-9H3/t23-,24-,25-,27+/m1/s1. The summed E-state index contributed by atoms with van der Waals surface area (Å²) in [5.41, 5.74) is 3.07. The zero-order valence-corrected chi connectivity index (χ0v) is 23.1. The molecule has 0 radical (unpaired) electrons. The third-order valence-corrected chi connectivity index (χ3v) is 15.1. The number of aryl methyl sites for hydroxylation is 1. The maximum atomic E-state index is 7.58. The highest BCUT2D eigenvalue weighted by Gasteiger charge is 2.62. The second-order valence-corrected chi connectivity index (χ2v) is 17.8. The molecule has 2 heterocycles. The number of hydrogen-bond acceptors (Lipinski definition) is 2. The molecule has 1 aromatic carbocycles. The van der Waals surface area contributed by atoms with Crippen molar-refractivity contribution < 1.29 is 9.16 Å². The van der Waals surface area contributed by atoms with Crippen LogP contribution >= 0.6 is 11.6 Å². The highest BCUT2D eigenvalue weighted by atomic mass is 35.5. The fourth-order valence-corrected chi connectivity index (χ4v) is 12.8. The second kappa shape index (κ2) is 9.12. The monoisotopic (exact) mass is 464 g/mol. The Balaban J connectivity index is 1.97. The summed E-state index contributed by atoms with van der Waals surface area (Å²) in [5.74, 6) is 0.403. The van der Waals surface area contributed by atoms with Crippen LogP contribution in [0.4, 0.5) is 0 Å². The maximum Gasteiger partial charge on any atom is 0.200 e. The van der Waals surface area contributed by atoms with Crippen LogP contribution in [0.2, 0.25) is 21.6 Å². The number of hydrogen-bond donors (Lipinski definition) is 0. The average Bonchev–Trinajstić information content (AvgIpc) is 3.05. The molecule has 0 unspecified atom stereocenters. The van der Waals surface area contributed by atoms with Crippen molar-refractivity contribution >= 4 is 19.9 Å². The Morgan fingerprint density at radius 1 is 1.00 bits per heavy atom. The average molecular weight is 465 g/mol. The summed E-state index contributed by atoms with van der Waals surface area (Å²) in [6.07, 6.45) is 4.97. The highest BCUT2D eigenvalue weighted by Crippen LogP contribution is 2.57. The molecule has 0 aromatic heterocycles. The molecule has 2 bridgehead atoms. The quantitative estimate of drug-likeness (QED) is 0.359. The fraction of sp³-hybridized carbons (Fsp3) is 0.778. The van der Waals surface area contributed by atoms with Crippen molar-refractivity contribution in [3.63, 3.8) is 0 Å². The van der Waals surface area contributed by atoms with Gasteiger partial charge in [-0.1, -0.05) is 79.1 Å². The number of halogens is 1. The van der Waals surface area contributed by atoms with Crippen LogP contribution in [0.3, 0.4) is 0 Å². The van der Waals surface area contributed by atoms with E-state index in [0.717, 1.165) is 30.7 Å². The number of ether oxygens (including phenoxy) is 1. The van der Waals surface area contributed by atoms with Gasteiger partial charge < -0.3 is 9.16 Å². The van der Waals surface area contributed by atoms with Crippen LogP contribution in [0.15, 0.2) is 24.3 Å². The zero-order valence-electron chi connectivity index (χ0n) is 21.3. The van der Waals surface area contributed by atoms with Crippen LogP contribution in [0.5, 0.6) is 0 Å². The lowest BCUT2D eigenvalue weighted by Crippen LogP contribution is -2.62. The SMILES string of the molecule is CC(C)[Si](O[C@@H]1[C@@H](CCc2ccc(Cl)cc2)[C@]2(C)CC[C@@H](O2)C1(C)C)(C(C)C)C(C)C. The van der Waals surface area contributed by atoms with Gasteiger partial charge in [0.15, 0.2) is 0 Å². The van der Waals surface area contributed by atoms with E-state index in [9.17, 15) is 0 Å². The van der Waals surface area contributed by atoms with E-state index < -0.39 is 8.32 Å². The smallest absolute Gasteiger partial charge is 0.200 e. The van der Waals surface area contributed by atoms with Gasteiger partial charge >= 0.3 is 0 Å². The molecule has 1 aromatic rings. The molecule has 2 aliphatic heterocycles. The summed E-state index contributed by atoms with van der Waals surface area (Å²) in [4.78, 5) is 0. The van der Waals surface area contributed by atoms with Gasteiger partial charge in [0.05, 0.1) is 17.8 Å². The lowest BCUT2D eigenvalue weighted by Gasteiger charge is -2.57. The largest absolute Gasteiger partial charge is 0.412 e.